The summed E-state index contributed by atoms with van der Waals surface area (Å²) < 4.78 is 0. The van der Waals surface area contributed by atoms with E-state index in [9.17, 15) is 9.59 Å². The molecular formula is C17H18N2O3. The third-order valence-electron chi connectivity index (χ3n) is 4.11. The van der Waals surface area contributed by atoms with Gasteiger partial charge < -0.3 is 10.0 Å². The number of carbonyl (C=O) groups is 2. The van der Waals surface area contributed by atoms with Crippen LogP contribution in [-0.2, 0) is 0 Å². The van der Waals surface area contributed by atoms with E-state index in [4.69, 9.17) is 5.11 Å². The Hall–Kier alpha value is -2.56. The second-order valence-corrected chi connectivity index (χ2v) is 5.59. The van der Waals surface area contributed by atoms with Crippen LogP contribution in [0.1, 0.15) is 23.7 Å². The van der Waals surface area contributed by atoms with Crippen molar-refractivity contribution in [1.82, 2.24) is 4.90 Å². The molecule has 1 aliphatic carbocycles. The van der Waals surface area contributed by atoms with Crippen molar-refractivity contribution in [2.45, 2.75) is 19.4 Å². The predicted octanol–water partition coefficient (Wildman–Crippen LogP) is 2.90. The van der Waals surface area contributed by atoms with Crippen molar-refractivity contribution in [1.29, 1.82) is 0 Å². The van der Waals surface area contributed by atoms with Crippen LogP contribution in [0.15, 0.2) is 48.1 Å². The van der Waals surface area contributed by atoms with Crippen molar-refractivity contribution in [2.75, 3.05) is 18.0 Å². The Morgan fingerprint density at radius 3 is 2.82 bits per heavy atom. The third kappa shape index (κ3) is 2.62. The summed E-state index contributed by atoms with van der Waals surface area (Å²) in [6, 6.07) is 6.54. The highest BCUT2D eigenvalue weighted by Gasteiger charge is 2.33. The molecule has 0 radical (unpaired) electrons. The zero-order valence-electron chi connectivity index (χ0n) is 12.4. The van der Waals surface area contributed by atoms with Gasteiger partial charge in [0.1, 0.15) is 0 Å². The van der Waals surface area contributed by atoms with Crippen molar-refractivity contribution < 1.29 is 14.7 Å². The number of rotatable bonds is 3. The van der Waals surface area contributed by atoms with Crippen molar-refractivity contribution >= 4 is 17.7 Å². The molecule has 1 heterocycles. The minimum atomic E-state index is -0.985. The molecule has 1 atom stereocenters. The molecule has 1 aliphatic heterocycles. The molecule has 2 amide bonds. The first kappa shape index (κ1) is 14.4. The van der Waals surface area contributed by atoms with E-state index in [0.29, 0.717) is 18.8 Å². The number of carboxylic acids is 1. The second kappa shape index (κ2) is 5.67. The van der Waals surface area contributed by atoms with Crippen molar-refractivity contribution in [2.24, 2.45) is 0 Å². The Balaban J connectivity index is 1.78. The Kier molecular flexibility index (Phi) is 3.71. The normalized spacial score (nSPS) is 21.2. The quantitative estimate of drug-likeness (QED) is 0.933. The van der Waals surface area contributed by atoms with Gasteiger partial charge in [-0.2, -0.15) is 0 Å². The first-order valence-corrected chi connectivity index (χ1v) is 7.33. The average Bonchev–Trinajstić information content (AvgIpc) is 2.90. The van der Waals surface area contributed by atoms with Crippen LogP contribution >= 0.6 is 0 Å². The Morgan fingerprint density at radius 2 is 2.14 bits per heavy atom. The maximum absolute atomic E-state index is 12.6. The molecular weight excluding hydrogens is 280 g/mol. The van der Waals surface area contributed by atoms with Crippen molar-refractivity contribution in [3.8, 4) is 0 Å². The van der Waals surface area contributed by atoms with Gasteiger partial charge in [0, 0.05) is 18.8 Å². The maximum atomic E-state index is 12.6. The molecule has 1 fully saturated rings. The number of aromatic carboxylic acids is 1. The van der Waals surface area contributed by atoms with E-state index in [1.54, 1.807) is 23.1 Å². The summed E-state index contributed by atoms with van der Waals surface area (Å²) in [4.78, 5) is 27.2. The van der Waals surface area contributed by atoms with E-state index in [2.05, 4.69) is 12.2 Å². The fourth-order valence-corrected chi connectivity index (χ4v) is 2.86. The number of carboxylic acid groups (broad SMARTS) is 1. The summed E-state index contributed by atoms with van der Waals surface area (Å²) >= 11 is 0. The molecule has 0 aromatic heterocycles. The van der Waals surface area contributed by atoms with Gasteiger partial charge >= 0.3 is 12.0 Å². The summed E-state index contributed by atoms with van der Waals surface area (Å²) in [7, 11) is 0. The number of hydrogen-bond donors (Lipinski definition) is 1. The standard InChI is InChI=1S/C17H18N2O3/c1-12-5-7-14(8-6-12)18-9-10-19(17(18)22)15-4-2-3-13(11-15)16(20)21/h2-7,11,14H,8-10H2,1H3,(H,20,21). The highest BCUT2D eigenvalue weighted by Crippen LogP contribution is 2.25. The highest BCUT2D eigenvalue weighted by atomic mass is 16.4. The highest BCUT2D eigenvalue weighted by molar-refractivity contribution is 5.96. The van der Waals surface area contributed by atoms with Gasteiger partial charge in [-0.3, -0.25) is 4.90 Å². The lowest BCUT2D eigenvalue weighted by atomic mass is 10.0. The van der Waals surface area contributed by atoms with E-state index in [0.717, 1.165) is 6.42 Å². The average molecular weight is 298 g/mol. The monoisotopic (exact) mass is 298 g/mol. The van der Waals surface area contributed by atoms with Gasteiger partial charge in [-0.1, -0.05) is 29.9 Å². The fourth-order valence-electron chi connectivity index (χ4n) is 2.86. The predicted molar refractivity (Wildman–Crippen MR) is 84.2 cm³/mol. The molecule has 0 bridgehead atoms. The molecule has 0 saturated carbocycles. The molecule has 2 aliphatic rings. The summed E-state index contributed by atoms with van der Waals surface area (Å²) in [6.45, 7) is 3.27. The van der Waals surface area contributed by atoms with Gasteiger partial charge in [-0.15, -0.1) is 0 Å². The van der Waals surface area contributed by atoms with Crippen molar-refractivity contribution in [3.63, 3.8) is 0 Å². The zero-order valence-corrected chi connectivity index (χ0v) is 12.4. The lowest BCUT2D eigenvalue weighted by Gasteiger charge is -2.26. The Labute approximate surface area is 129 Å². The number of hydrogen-bond acceptors (Lipinski definition) is 2. The van der Waals surface area contributed by atoms with Gasteiger partial charge in [-0.25, -0.2) is 9.59 Å². The van der Waals surface area contributed by atoms with Crippen LogP contribution in [0.4, 0.5) is 10.5 Å². The molecule has 0 spiro atoms. The number of anilines is 1. The number of allylic oxidation sites excluding steroid dienone is 2. The maximum Gasteiger partial charge on any atom is 0.335 e. The summed E-state index contributed by atoms with van der Waals surface area (Å²) in [5, 5.41) is 9.07. The summed E-state index contributed by atoms with van der Waals surface area (Å²) in [5.41, 5.74) is 2.05. The van der Waals surface area contributed by atoms with E-state index in [1.807, 2.05) is 17.9 Å². The van der Waals surface area contributed by atoms with E-state index in [1.165, 1.54) is 11.6 Å². The topological polar surface area (TPSA) is 60.9 Å². The first-order valence-electron chi connectivity index (χ1n) is 7.33. The van der Waals surface area contributed by atoms with E-state index in [-0.39, 0.29) is 17.6 Å². The zero-order chi connectivity index (χ0) is 15.7. The number of carbonyl (C=O) groups excluding carboxylic acids is 1. The largest absolute Gasteiger partial charge is 0.478 e. The SMILES string of the molecule is CC1=CCC(N2CCN(c3cccc(C(=O)O)c3)C2=O)C=C1. The van der Waals surface area contributed by atoms with Gasteiger partial charge in [0.25, 0.3) is 0 Å². The molecule has 3 rings (SSSR count). The molecule has 5 nitrogen and oxygen atoms in total. The molecule has 1 unspecified atom stereocenters. The first-order chi connectivity index (χ1) is 10.6. The lowest BCUT2D eigenvalue weighted by Crippen LogP contribution is -2.38. The number of urea groups is 1. The van der Waals surface area contributed by atoms with Crippen LogP contribution in [0.5, 0.6) is 0 Å². The molecule has 114 valence electrons. The lowest BCUT2D eigenvalue weighted by molar-refractivity contribution is 0.0697. The molecule has 22 heavy (non-hydrogen) atoms. The van der Waals surface area contributed by atoms with Gasteiger partial charge in [0.05, 0.1) is 11.6 Å². The van der Waals surface area contributed by atoms with Gasteiger partial charge in [0.15, 0.2) is 0 Å². The van der Waals surface area contributed by atoms with E-state index < -0.39 is 5.97 Å². The van der Waals surface area contributed by atoms with Crippen LogP contribution in [0.2, 0.25) is 0 Å². The Bertz CT molecular complexity index is 678. The van der Waals surface area contributed by atoms with Crippen LogP contribution in [-0.4, -0.2) is 41.1 Å². The van der Waals surface area contributed by atoms with Crippen LogP contribution in [0, 0.1) is 0 Å². The molecule has 5 heteroatoms. The van der Waals surface area contributed by atoms with E-state index >= 15 is 0 Å². The number of benzene rings is 1. The third-order valence-corrected chi connectivity index (χ3v) is 4.11. The van der Waals surface area contributed by atoms with Crippen molar-refractivity contribution in [3.05, 3.63) is 53.6 Å². The number of nitrogens with zero attached hydrogens (tertiary/aromatic N) is 2. The summed E-state index contributed by atoms with van der Waals surface area (Å²) in [5.74, 6) is -0.985. The minimum Gasteiger partial charge on any atom is -0.478 e. The molecule has 1 N–H and O–H groups in total. The van der Waals surface area contributed by atoms with Crippen LogP contribution < -0.4 is 4.90 Å². The van der Waals surface area contributed by atoms with Crippen LogP contribution in [0.25, 0.3) is 0 Å². The molecule has 1 aromatic carbocycles. The van der Waals surface area contributed by atoms with Gasteiger partial charge in [0.2, 0.25) is 0 Å². The number of amides is 2. The van der Waals surface area contributed by atoms with Gasteiger partial charge in [-0.05, 0) is 31.5 Å². The Morgan fingerprint density at radius 1 is 1.32 bits per heavy atom. The second-order valence-electron chi connectivity index (χ2n) is 5.59. The molecule has 1 saturated heterocycles. The minimum absolute atomic E-state index is 0.0647. The smallest absolute Gasteiger partial charge is 0.335 e. The molecule has 1 aromatic rings. The van der Waals surface area contributed by atoms with Crippen LogP contribution in [0.3, 0.4) is 0 Å². The fraction of sp³-hybridized carbons (Fsp3) is 0.294. The summed E-state index contributed by atoms with van der Waals surface area (Å²) in [6.07, 6.45) is 7.06.